The van der Waals surface area contributed by atoms with Crippen LogP contribution in [0.5, 0.6) is 0 Å². The van der Waals surface area contributed by atoms with E-state index in [2.05, 4.69) is 0 Å². The summed E-state index contributed by atoms with van der Waals surface area (Å²) in [5, 5.41) is 0. The fourth-order valence-electron chi connectivity index (χ4n) is 0.222. The van der Waals surface area contributed by atoms with Crippen molar-refractivity contribution in [2.75, 3.05) is 0 Å². The maximum atomic E-state index is 10.3. The molecule has 0 rings (SSSR count). The Kier molecular flexibility index (Phi) is 2.63. The number of imide groups is 1. The van der Waals surface area contributed by atoms with Crippen LogP contribution in [-0.4, -0.2) is 16.5 Å². The lowest BCUT2D eigenvalue weighted by molar-refractivity contribution is -0.135. The Morgan fingerprint density at radius 1 is 1.25 bits per heavy atom. The van der Waals surface area contributed by atoms with Crippen molar-refractivity contribution in [3.63, 3.8) is 0 Å². The Balaban J connectivity index is 3.83. The van der Waals surface area contributed by atoms with Crippen LogP contribution in [0.15, 0.2) is 0 Å². The number of carbonyl (C=O) groups is 2. The van der Waals surface area contributed by atoms with Crippen LogP contribution in [-0.2, 0) is 9.59 Å². The van der Waals surface area contributed by atoms with E-state index < -0.39 is 0 Å². The first kappa shape index (κ1) is 7.57. The van der Waals surface area contributed by atoms with Gasteiger partial charge in [0.25, 0.3) is 0 Å². The normalized spacial score (nSPS) is 8.38. The van der Waals surface area contributed by atoms with Crippen LogP contribution < -0.4 is 0 Å². The van der Waals surface area contributed by atoms with Crippen molar-refractivity contribution >= 4 is 21.2 Å². The second-order valence-corrected chi connectivity index (χ2v) is 1.92. The maximum Gasteiger partial charge on any atom is 0.228 e. The van der Waals surface area contributed by atoms with E-state index in [0.717, 1.165) is 4.67 Å². The average Bonchev–Trinajstić information content (AvgIpc) is 1.64. The first-order valence-corrected chi connectivity index (χ1v) is 2.63. The van der Waals surface area contributed by atoms with Gasteiger partial charge in [-0.3, -0.25) is 14.3 Å². The van der Waals surface area contributed by atoms with Gasteiger partial charge in [0.1, 0.15) is 0 Å². The van der Waals surface area contributed by atoms with Gasteiger partial charge < -0.3 is 0 Å². The summed E-state index contributed by atoms with van der Waals surface area (Å²) in [4.78, 5) is 20.5. The molecular formula is C4H8NO2P. The Morgan fingerprint density at radius 3 is 1.50 bits per heavy atom. The second-order valence-electron chi connectivity index (χ2n) is 1.41. The standard InChI is InChI=1S/C4H8NO2P/c1-3(6)5(8)4(2)7/h8H2,1-2H3. The fourth-order valence-corrected chi connectivity index (χ4v) is 0.222. The third-order valence-electron chi connectivity index (χ3n) is 0.679. The summed E-state index contributed by atoms with van der Waals surface area (Å²) in [5.41, 5.74) is 0. The molecule has 0 aromatic rings. The van der Waals surface area contributed by atoms with Gasteiger partial charge in [-0.1, -0.05) is 0 Å². The molecule has 0 aromatic carbocycles. The predicted octanol–water partition coefficient (Wildman–Crippen LogP) is 0.172. The van der Waals surface area contributed by atoms with Crippen LogP contribution in [0.4, 0.5) is 0 Å². The Bertz CT molecular complexity index is 109. The zero-order chi connectivity index (χ0) is 6.73. The zero-order valence-corrected chi connectivity index (χ0v) is 6.00. The van der Waals surface area contributed by atoms with Gasteiger partial charge in [0.05, 0.1) is 0 Å². The van der Waals surface area contributed by atoms with Crippen LogP contribution in [0.25, 0.3) is 0 Å². The van der Waals surface area contributed by atoms with Crippen molar-refractivity contribution in [1.29, 1.82) is 0 Å². The second kappa shape index (κ2) is 2.78. The lowest BCUT2D eigenvalue weighted by Gasteiger charge is -2.06. The van der Waals surface area contributed by atoms with E-state index in [9.17, 15) is 9.59 Å². The highest BCUT2D eigenvalue weighted by molar-refractivity contribution is 7.16. The van der Waals surface area contributed by atoms with Gasteiger partial charge in [0.15, 0.2) is 0 Å². The molecule has 0 spiro atoms. The maximum absolute atomic E-state index is 10.3. The minimum atomic E-state index is -0.262. The first-order chi connectivity index (χ1) is 3.55. The highest BCUT2D eigenvalue weighted by Gasteiger charge is 2.04. The van der Waals surface area contributed by atoms with Gasteiger partial charge in [-0.2, -0.15) is 0 Å². The van der Waals surface area contributed by atoms with Crippen molar-refractivity contribution in [2.45, 2.75) is 13.8 Å². The third-order valence-corrected chi connectivity index (χ3v) is 1.41. The molecule has 8 heavy (non-hydrogen) atoms. The molecule has 3 nitrogen and oxygen atoms in total. The molecule has 0 heterocycles. The van der Waals surface area contributed by atoms with E-state index in [1.807, 2.05) is 9.39 Å². The molecule has 1 unspecified atom stereocenters. The molecule has 2 amide bonds. The molecule has 4 heteroatoms. The van der Waals surface area contributed by atoms with Crippen LogP contribution in [0.2, 0.25) is 0 Å². The Morgan fingerprint density at radius 2 is 1.50 bits per heavy atom. The topological polar surface area (TPSA) is 37.4 Å². The van der Waals surface area contributed by atoms with Crippen molar-refractivity contribution in [3.8, 4) is 0 Å². The number of hydrogen-bond acceptors (Lipinski definition) is 2. The summed E-state index contributed by atoms with van der Waals surface area (Å²) in [5.74, 6) is -0.523. The van der Waals surface area contributed by atoms with Gasteiger partial charge in [0, 0.05) is 13.8 Å². The van der Waals surface area contributed by atoms with E-state index in [1.165, 1.54) is 13.8 Å². The van der Waals surface area contributed by atoms with Crippen LogP contribution >= 0.6 is 9.39 Å². The number of hydrogen-bond donors (Lipinski definition) is 0. The van der Waals surface area contributed by atoms with E-state index >= 15 is 0 Å². The van der Waals surface area contributed by atoms with Gasteiger partial charge >= 0.3 is 0 Å². The number of rotatable bonds is 0. The highest BCUT2D eigenvalue weighted by atomic mass is 31.0. The minimum Gasteiger partial charge on any atom is -0.274 e. The Labute approximate surface area is 50.3 Å². The van der Waals surface area contributed by atoms with Crippen LogP contribution in [0, 0.1) is 0 Å². The summed E-state index contributed by atoms with van der Waals surface area (Å²) in [6.45, 7) is 2.66. The number of carbonyl (C=O) groups excluding carboxylic acids is 2. The predicted molar refractivity (Wildman–Crippen MR) is 32.9 cm³/mol. The zero-order valence-electron chi connectivity index (χ0n) is 4.84. The van der Waals surface area contributed by atoms with Gasteiger partial charge in [-0.05, 0) is 9.39 Å². The SMILES string of the molecule is CC(=O)N(P)C(C)=O. The summed E-state index contributed by atoms with van der Waals surface area (Å²) >= 11 is 0. The van der Waals surface area contributed by atoms with Gasteiger partial charge in [0.2, 0.25) is 11.8 Å². The molecule has 0 fully saturated rings. The van der Waals surface area contributed by atoms with Gasteiger partial charge in [-0.25, -0.2) is 0 Å². The molecule has 46 valence electrons. The molecule has 0 aromatic heterocycles. The molecule has 0 saturated heterocycles. The molecule has 0 radical (unpaired) electrons. The van der Waals surface area contributed by atoms with Crippen molar-refractivity contribution in [3.05, 3.63) is 0 Å². The highest BCUT2D eigenvalue weighted by Crippen LogP contribution is 1.97. The molecular weight excluding hydrogens is 125 g/mol. The molecule has 0 aliphatic heterocycles. The number of nitrogens with zero attached hydrogens (tertiary/aromatic N) is 1. The molecule has 0 saturated carbocycles. The Hall–Kier alpha value is -0.430. The minimum absolute atomic E-state index is 0.262. The summed E-state index contributed by atoms with van der Waals surface area (Å²) in [7, 11) is 2.02. The summed E-state index contributed by atoms with van der Waals surface area (Å²) in [6.07, 6.45) is 0. The average molecular weight is 133 g/mol. The van der Waals surface area contributed by atoms with E-state index in [4.69, 9.17) is 0 Å². The smallest absolute Gasteiger partial charge is 0.228 e. The fraction of sp³-hybridized carbons (Fsp3) is 0.500. The monoisotopic (exact) mass is 133 g/mol. The molecule has 0 bridgehead atoms. The lowest BCUT2D eigenvalue weighted by atomic mass is 10.6. The largest absolute Gasteiger partial charge is 0.274 e. The van der Waals surface area contributed by atoms with Crippen molar-refractivity contribution in [2.24, 2.45) is 0 Å². The third kappa shape index (κ3) is 2.03. The van der Waals surface area contributed by atoms with Crippen LogP contribution in [0.1, 0.15) is 13.8 Å². The number of amides is 2. The molecule has 0 N–H and O–H groups in total. The van der Waals surface area contributed by atoms with Crippen molar-refractivity contribution < 1.29 is 9.59 Å². The van der Waals surface area contributed by atoms with Crippen molar-refractivity contribution in [1.82, 2.24) is 4.67 Å². The molecule has 1 atom stereocenters. The molecule has 0 aliphatic carbocycles. The molecule has 0 aliphatic rings. The van der Waals surface area contributed by atoms with E-state index in [-0.39, 0.29) is 11.8 Å². The summed E-state index contributed by atoms with van der Waals surface area (Å²) < 4.78 is 0.972. The first-order valence-electron chi connectivity index (χ1n) is 2.11. The van der Waals surface area contributed by atoms with E-state index in [0.29, 0.717) is 0 Å². The van der Waals surface area contributed by atoms with Crippen LogP contribution in [0.3, 0.4) is 0 Å². The van der Waals surface area contributed by atoms with Gasteiger partial charge in [-0.15, -0.1) is 0 Å². The van der Waals surface area contributed by atoms with E-state index in [1.54, 1.807) is 0 Å². The lowest BCUT2D eigenvalue weighted by Crippen LogP contribution is -2.22. The quantitative estimate of drug-likeness (QED) is 0.442. The summed E-state index contributed by atoms with van der Waals surface area (Å²) in [6, 6.07) is 0.